The van der Waals surface area contributed by atoms with E-state index in [1.807, 2.05) is 6.07 Å². The van der Waals surface area contributed by atoms with Gasteiger partial charge in [0.25, 0.3) is 0 Å². The number of para-hydroxylation sites is 1. The first-order chi connectivity index (χ1) is 7.40. The minimum Gasteiger partial charge on any atom is -0.478 e. The Bertz CT molecular complexity index is 366. The second-order valence-electron chi connectivity index (χ2n) is 5.09. The van der Waals surface area contributed by atoms with Gasteiger partial charge in [0.2, 0.25) is 0 Å². The Balaban J connectivity index is 2.64. The molecule has 0 aromatic heterocycles. The lowest BCUT2D eigenvalue weighted by Crippen LogP contribution is -2.14. The number of carbonyl (C=O) groups is 1. The summed E-state index contributed by atoms with van der Waals surface area (Å²) in [6.45, 7) is 7.28. The summed E-state index contributed by atoms with van der Waals surface area (Å²) in [6, 6.07) is 6.98. The highest BCUT2D eigenvalue weighted by atomic mass is 16.4. The standard InChI is InChI=1S/C13H19NO2/c1-13(2,3)8-9-14-11-7-5-4-6-10(11)12(15)16/h4-7,14H,8-9H2,1-3H3,(H,15,16). The Morgan fingerprint density at radius 1 is 1.31 bits per heavy atom. The molecule has 0 radical (unpaired) electrons. The summed E-state index contributed by atoms with van der Waals surface area (Å²) in [5, 5.41) is 12.2. The minimum absolute atomic E-state index is 0.255. The molecule has 1 aromatic carbocycles. The molecule has 0 aliphatic rings. The van der Waals surface area contributed by atoms with Crippen LogP contribution in [0.5, 0.6) is 0 Å². The summed E-state index contributed by atoms with van der Waals surface area (Å²) in [7, 11) is 0. The zero-order valence-electron chi connectivity index (χ0n) is 10.1. The molecule has 2 N–H and O–H groups in total. The van der Waals surface area contributed by atoms with E-state index in [1.165, 1.54) is 0 Å². The second-order valence-corrected chi connectivity index (χ2v) is 5.09. The van der Waals surface area contributed by atoms with E-state index in [4.69, 9.17) is 5.11 Å². The number of aromatic carboxylic acids is 1. The molecule has 3 nitrogen and oxygen atoms in total. The fraction of sp³-hybridized carbons (Fsp3) is 0.462. The van der Waals surface area contributed by atoms with Crippen LogP contribution in [0.25, 0.3) is 0 Å². The third kappa shape index (κ3) is 3.93. The number of carboxylic acid groups (broad SMARTS) is 1. The molecule has 1 aromatic rings. The highest BCUT2D eigenvalue weighted by Crippen LogP contribution is 2.20. The van der Waals surface area contributed by atoms with E-state index >= 15 is 0 Å². The van der Waals surface area contributed by atoms with Gasteiger partial charge in [0.15, 0.2) is 0 Å². The van der Waals surface area contributed by atoms with Gasteiger partial charge in [-0.15, -0.1) is 0 Å². The summed E-state index contributed by atoms with van der Waals surface area (Å²) in [5.41, 5.74) is 1.28. The van der Waals surface area contributed by atoms with Gasteiger partial charge in [-0.05, 0) is 24.0 Å². The quantitative estimate of drug-likeness (QED) is 0.820. The molecule has 0 saturated carbocycles. The van der Waals surface area contributed by atoms with E-state index in [9.17, 15) is 4.79 Å². The van der Waals surface area contributed by atoms with Gasteiger partial charge in [-0.3, -0.25) is 0 Å². The monoisotopic (exact) mass is 221 g/mol. The van der Waals surface area contributed by atoms with Crippen LogP contribution in [0.2, 0.25) is 0 Å². The van der Waals surface area contributed by atoms with Crippen LogP contribution in [0.4, 0.5) is 5.69 Å². The van der Waals surface area contributed by atoms with Gasteiger partial charge < -0.3 is 10.4 Å². The average Bonchev–Trinajstić information content (AvgIpc) is 2.16. The van der Waals surface area contributed by atoms with Crippen LogP contribution >= 0.6 is 0 Å². The predicted octanol–water partition coefficient (Wildman–Crippen LogP) is 3.23. The van der Waals surface area contributed by atoms with Crippen molar-refractivity contribution < 1.29 is 9.90 Å². The molecule has 0 unspecified atom stereocenters. The van der Waals surface area contributed by atoms with Crippen molar-refractivity contribution >= 4 is 11.7 Å². The number of hydrogen-bond acceptors (Lipinski definition) is 2. The lowest BCUT2D eigenvalue weighted by atomic mass is 9.92. The molecule has 0 saturated heterocycles. The zero-order chi connectivity index (χ0) is 12.2. The lowest BCUT2D eigenvalue weighted by Gasteiger charge is -2.19. The molecule has 0 bridgehead atoms. The van der Waals surface area contributed by atoms with Crippen LogP contribution in [-0.4, -0.2) is 17.6 Å². The van der Waals surface area contributed by atoms with Crippen molar-refractivity contribution in [3.8, 4) is 0 Å². The number of rotatable bonds is 4. The molecule has 3 heteroatoms. The number of hydrogen-bond donors (Lipinski definition) is 2. The van der Waals surface area contributed by atoms with Crippen molar-refractivity contribution in [2.75, 3.05) is 11.9 Å². The van der Waals surface area contributed by atoms with Gasteiger partial charge in [-0.1, -0.05) is 32.9 Å². The molecule has 0 aliphatic heterocycles. The summed E-state index contributed by atoms with van der Waals surface area (Å²) in [5.74, 6) is -0.890. The molecule has 0 heterocycles. The third-order valence-corrected chi connectivity index (χ3v) is 2.35. The van der Waals surface area contributed by atoms with Gasteiger partial charge in [0, 0.05) is 12.2 Å². The van der Waals surface area contributed by atoms with E-state index in [2.05, 4.69) is 26.1 Å². The fourth-order valence-corrected chi connectivity index (χ4v) is 1.40. The van der Waals surface area contributed by atoms with Crippen LogP contribution in [0, 0.1) is 5.41 Å². The Kier molecular flexibility index (Phi) is 3.93. The fourth-order valence-electron chi connectivity index (χ4n) is 1.40. The minimum atomic E-state index is -0.890. The van der Waals surface area contributed by atoms with Gasteiger partial charge in [-0.25, -0.2) is 4.79 Å². The molecular formula is C13H19NO2. The third-order valence-electron chi connectivity index (χ3n) is 2.35. The van der Waals surface area contributed by atoms with Crippen molar-refractivity contribution in [3.63, 3.8) is 0 Å². The number of nitrogens with one attached hydrogen (secondary N) is 1. The largest absolute Gasteiger partial charge is 0.478 e. The van der Waals surface area contributed by atoms with E-state index in [0.717, 1.165) is 13.0 Å². The van der Waals surface area contributed by atoms with Crippen LogP contribution in [0.15, 0.2) is 24.3 Å². The maximum atomic E-state index is 10.9. The van der Waals surface area contributed by atoms with Crippen LogP contribution in [0.3, 0.4) is 0 Å². The van der Waals surface area contributed by atoms with Crippen LogP contribution in [-0.2, 0) is 0 Å². The molecule has 0 fully saturated rings. The molecule has 1 rings (SSSR count). The zero-order valence-corrected chi connectivity index (χ0v) is 10.1. The Labute approximate surface area is 96.5 Å². The second kappa shape index (κ2) is 5.01. The average molecular weight is 221 g/mol. The van der Waals surface area contributed by atoms with Gasteiger partial charge in [0.05, 0.1) is 5.56 Å². The van der Waals surface area contributed by atoms with Crippen molar-refractivity contribution in [1.82, 2.24) is 0 Å². The first-order valence-corrected chi connectivity index (χ1v) is 5.46. The van der Waals surface area contributed by atoms with Crippen LogP contribution in [0.1, 0.15) is 37.6 Å². The van der Waals surface area contributed by atoms with Crippen LogP contribution < -0.4 is 5.32 Å². The SMILES string of the molecule is CC(C)(C)CCNc1ccccc1C(=O)O. The molecule has 0 atom stereocenters. The lowest BCUT2D eigenvalue weighted by molar-refractivity contribution is 0.0698. The van der Waals surface area contributed by atoms with Crippen molar-refractivity contribution in [2.24, 2.45) is 5.41 Å². The van der Waals surface area contributed by atoms with Crippen molar-refractivity contribution in [1.29, 1.82) is 0 Å². The number of carboxylic acids is 1. The van der Waals surface area contributed by atoms with Gasteiger partial charge in [-0.2, -0.15) is 0 Å². The Morgan fingerprint density at radius 3 is 2.50 bits per heavy atom. The molecular weight excluding hydrogens is 202 g/mol. The molecule has 0 amide bonds. The molecule has 0 aliphatic carbocycles. The van der Waals surface area contributed by atoms with E-state index < -0.39 is 5.97 Å². The number of benzene rings is 1. The summed E-state index contributed by atoms with van der Waals surface area (Å²) >= 11 is 0. The predicted molar refractivity (Wildman–Crippen MR) is 66.0 cm³/mol. The molecule has 16 heavy (non-hydrogen) atoms. The van der Waals surface area contributed by atoms with Gasteiger partial charge >= 0.3 is 5.97 Å². The normalized spacial score (nSPS) is 11.2. The smallest absolute Gasteiger partial charge is 0.337 e. The summed E-state index contributed by atoms with van der Waals surface area (Å²) in [6.07, 6.45) is 1.00. The maximum Gasteiger partial charge on any atom is 0.337 e. The molecule has 0 spiro atoms. The molecule has 88 valence electrons. The number of anilines is 1. The highest BCUT2D eigenvalue weighted by Gasteiger charge is 2.11. The first-order valence-electron chi connectivity index (χ1n) is 5.46. The van der Waals surface area contributed by atoms with Crippen molar-refractivity contribution in [3.05, 3.63) is 29.8 Å². The van der Waals surface area contributed by atoms with E-state index in [-0.39, 0.29) is 5.41 Å². The van der Waals surface area contributed by atoms with E-state index in [0.29, 0.717) is 11.3 Å². The summed E-state index contributed by atoms with van der Waals surface area (Å²) < 4.78 is 0. The first kappa shape index (κ1) is 12.6. The van der Waals surface area contributed by atoms with E-state index in [1.54, 1.807) is 18.2 Å². The topological polar surface area (TPSA) is 49.3 Å². The van der Waals surface area contributed by atoms with Crippen molar-refractivity contribution in [2.45, 2.75) is 27.2 Å². The maximum absolute atomic E-state index is 10.9. The highest BCUT2D eigenvalue weighted by molar-refractivity contribution is 5.94. The Morgan fingerprint density at radius 2 is 1.94 bits per heavy atom. The Hall–Kier alpha value is -1.51. The summed E-state index contributed by atoms with van der Waals surface area (Å²) in [4.78, 5) is 10.9. The van der Waals surface area contributed by atoms with Gasteiger partial charge in [0.1, 0.15) is 0 Å².